The topological polar surface area (TPSA) is 73.7 Å². The third-order valence-electron chi connectivity index (χ3n) is 2.31. The van der Waals surface area contributed by atoms with Crippen LogP contribution in [-0.4, -0.2) is 35.4 Å². The Bertz CT molecular complexity index is 610. The molecule has 0 radical (unpaired) electrons. The van der Waals surface area contributed by atoms with Gasteiger partial charge in [-0.1, -0.05) is 5.16 Å². The maximum absolute atomic E-state index is 11.8. The van der Waals surface area contributed by atoms with Gasteiger partial charge < -0.3 is 9.57 Å². The van der Waals surface area contributed by atoms with Gasteiger partial charge in [-0.05, 0) is 19.1 Å². The molecule has 2 aromatic heterocycles. The Morgan fingerprint density at radius 2 is 2.35 bits per heavy atom. The predicted molar refractivity (Wildman–Crippen MR) is 75.5 cm³/mol. The lowest BCUT2D eigenvalue weighted by Gasteiger charge is -2.02. The molecule has 0 bridgehead atoms. The van der Waals surface area contributed by atoms with Crippen molar-refractivity contribution in [2.45, 2.75) is 6.92 Å². The summed E-state index contributed by atoms with van der Waals surface area (Å²) in [5.41, 5.74) is 1.36. The number of ether oxygens (including phenoxy) is 1. The van der Waals surface area contributed by atoms with Crippen LogP contribution in [0.25, 0.3) is 10.6 Å². The lowest BCUT2D eigenvalue weighted by Crippen LogP contribution is -2.19. The number of esters is 1. The molecular weight excluding hydrogens is 278 g/mol. The fourth-order valence-corrected chi connectivity index (χ4v) is 2.28. The van der Waals surface area contributed by atoms with Crippen molar-refractivity contribution in [1.29, 1.82) is 0 Å². The van der Waals surface area contributed by atoms with E-state index in [0.717, 1.165) is 10.6 Å². The van der Waals surface area contributed by atoms with Gasteiger partial charge in [0.2, 0.25) is 5.71 Å². The average molecular weight is 291 g/mol. The van der Waals surface area contributed by atoms with Crippen molar-refractivity contribution in [2.24, 2.45) is 5.16 Å². The third-order valence-corrected chi connectivity index (χ3v) is 3.20. The third kappa shape index (κ3) is 3.18. The van der Waals surface area contributed by atoms with E-state index >= 15 is 0 Å². The molecule has 6 nitrogen and oxygen atoms in total. The minimum absolute atomic E-state index is 0.0562. The Balaban J connectivity index is 2.30. The van der Waals surface area contributed by atoms with Crippen LogP contribution in [0.4, 0.5) is 0 Å². The number of hydrogen-bond acceptors (Lipinski definition) is 7. The zero-order valence-corrected chi connectivity index (χ0v) is 11.9. The second-order valence-electron chi connectivity index (χ2n) is 3.62. The summed E-state index contributed by atoms with van der Waals surface area (Å²) in [6, 6.07) is 3.72. The number of oxime groups is 1. The quantitative estimate of drug-likeness (QED) is 0.479. The molecule has 0 amide bonds. The number of carbonyl (C=O) groups is 1. The van der Waals surface area contributed by atoms with Crippen LogP contribution in [0.3, 0.4) is 0 Å². The molecule has 0 unspecified atom stereocenters. The first-order valence-electron chi connectivity index (χ1n) is 5.90. The molecule has 0 atom stereocenters. The molecular formula is C13H13N3O3S. The number of carbonyl (C=O) groups excluding carboxylic acids is 1. The first kappa shape index (κ1) is 14.1. The van der Waals surface area contributed by atoms with Crippen molar-refractivity contribution in [3.8, 4) is 10.6 Å². The normalized spacial score (nSPS) is 11.2. The molecule has 7 heteroatoms. The van der Waals surface area contributed by atoms with Crippen LogP contribution < -0.4 is 0 Å². The monoisotopic (exact) mass is 291 g/mol. The fraction of sp³-hybridized carbons (Fsp3) is 0.231. The lowest BCUT2D eigenvalue weighted by molar-refractivity contribution is -0.135. The standard InChI is InChI=1S/C13H13N3O3S/c1-3-19-13(17)11(16-18-2)10-8-20-12(15-10)9-5-4-6-14-7-9/h4-8H,3H2,1-2H3. The van der Waals surface area contributed by atoms with Crippen molar-refractivity contribution in [3.05, 3.63) is 35.6 Å². The fourth-order valence-electron chi connectivity index (χ4n) is 1.48. The maximum Gasteiger partial charge on any atom is 0.362 e. The number of thiazole rings is 1. The Morgan fingerprint density at radius 1 is 1.50 bits per heavy atom. The first-order chi connectivity index (χ1) is 9.76. The van der Waals surface area contributed by atoms with E-state index in [9.17, 15) is 4.79 Å². The Morgan fingerprint density at radius 3 is 3.00 bits per heavy atom. The highest BCUT2D eigenvalue weighted by Gasteiger charge is 2.20. The Hall–Kier alpha value is -2.28. The summed E-state index contributed by atoms with van der Waals surface area (Å²) in [4.78, 5) is 24.9. The van der Waals surface area contributed by atoms with Gasteiger partial charge >= 0.3 is 5.97 Å². The number of rotatable bonds is 5. The molecule has 0 aliphatic rings. The van der Waals surface area contributed by atoms with E-state index in [4.69, 9.17) is 4.74 Å². The van der Waals surface area contributed by atoms with E-state index < -0.39 is 5.97 Å². The largest absolute Gasteiger partial charge is 0.461 e. The van der Waals surface area contributed by atoms with Crippen molar-refractivity contribution >= 4 is 23.0 Å². The van der Waals surface area contributed by atoms with E-state index in [1.165, 1.54) is 18.4 Å². The molecule has 0 N–H and O–H groups in total. The summed E-state index contributed by atoms with van der Waals surface area (Å²) in [6.45, 7) is 1.99. The maximum atomic E-state index is 11.8. The molecule has 0 spiro atoms. The molecule has 0 aromatic carbocycles. The zero-order valence-electron chi connectivity index (χ0n) is 11.1. The first-order valence-corrected chi connectivity index (χ1v) is 6.78. The predicted octanol–water partition coefficient (Wildman–Crippen LogP) is 2.12. The number of aromatic nitrogens is 2. The van der Waals surface area contributed by atoms with Gasteiger partial charge in [-0.15, -0.1) is 11.3 Å². The number of nitrogens with zero attached hydrogens (tertiary/aromatic N) is 3. The van der Waals surface area contributed by atoms with E-state index in [1.54, 1.807) is 24.7 Å². The van der Waals surface area contributed by atoms with Crippen LogP contribution in [-0.2, 0) is 14.4 Å². The molecule has 2 rings (SSSR count). The summed E-state index contributed by atoms with van der Waals surface area (Å²) >= 11 is 1.40. The minimum Gasteiger partial charge on any atom is -0.461 e. The summed E-state index contributed by atoms with van der Waals surface area (Å²) in [7, 11) is 1.37. The van der Waals surface area contributed by atoms with Crippen LogP contribution in [0.5, 0.6) is 0 Å². The number of pyridine rings is 1. The zero-order chi connectivity index (χ0) is 14.4. The molecule has 0 fully saturated rings. The molecule has 0 saturated carbocycles. The van der Waals surface area contributed by atoms with Crippen molar-refractivity contribution < 1.29 is 14.4 Å². The SMILES string of the molecule is CCOC(=O)C(=NOC)c1csc(-c2cccnc2)n1. The van der Waals surface area contributed by atoms with Gasteiger partial charge in [0.05, 0.1) is 6.61 Å². The van der Waals surface area contributed by atoms with Crippen LogP contribution in [0.15, 0.2) is 35.1 Å². The molecule has 2 heterocycles. The summed E-state index contributed by atoms with van der Waals surface area (Å²) in [5, 5.41) is 6.17. The number of hydrogen-bond donors (Lipinski definition) is 0. The van der Waals surface area contributed by atoms with E-state index in [0.29, 0.717) is 5.69 Å². The molecule has 20 heavy (non-hydrogen) atoms. The van der Waals surface area contributed by atoms with Gasteiger partial charge in [-0.25, -0.2) is 9.78 Å². The second-order valence-corrected chi connectivity index (χ2v) is 4.48. The van der Waals surface area contributed by atoms with Crippen LogP contribution in [0, 0.1) is 0 Å². The molecule has 0 aliphatic carbocycles. The van der Waals surface area contributed by atoms with Gasteiger partial charge in [0, 0.05) is 23.3 Å². The molecule has 104 valence electrons. The minimum atomic E-state index is -0.558. The van der Waals surface area contributed by atoms with Gasteiger partial charge in [0.1, 0.15) is 17.8 Å². The highest BCUT2D eigenvalue weighted by atomic mass is 32.1. The van der Waals surface area contributed by atoms with Gasteiger partial charge in [0.25, 0.3) is 0 Å². The van der Waals surface area contributed by atoms with Gasteiger partial charge in [0.15, 0.2) is 0 Å². The lowest BCUT2D eigenvalue weighted by atomic mass is 10.3. The Kier molecular flexibility index (Phi) is 4.78. The van der Waals surface area contributed by atoms with E-state index in [-0.39, 0.29) is 12.3 Å². The summed E-state index contributed by atoms with van der Waals surface area (Å²) in [5.74, 6) is -0.558. The van der Waals surface area contributed by atoms with Crippen molar-refractivity contribution in [3.63, 3.8) is 0 Å². The van der Waals surface area contributed by atoms with Crippen LogP contribution >= 0.6 is 11.3 Å². The second kappa shape index (κ2) is 6.76. The van der Waals surface area contributed by atoms with Crippen LogP contribution in [0.2, 0.25) is 0 Å². The smallest absolute Gasteiger partial charge is 0.362 e. The van der Waals surface area contributed by atoms with Crippen LogP contribution in [0.1, 0.15) is 12.6 Å². The van der Waals surface area contributed by atoms with E-state index in [2.05, 4.69) is 20.0 Å². The summed E-state index contributed by atoms with van der Waals surface area (Å²) < 4.78 is 4.93. The molecule has 0 aliphatic heterocycles. The summed E-state index contributed by atoms with van der Waals surface area (Å²) in [6.07, 6.45) is 3.40. The van der Waals surface area contributed by atoms with Gasteiger partial charge in [-0.3, -0.25) is 4.98 Å². The van der Waals surface area contributed by atoms with E-state index in [1.807, 2.05) is 12.1 Å². The average Bonchev–Trinajstić information content (AvgIpc) is 2.95. The molecule has 2 aromatic rings. The van der Waals surface area contributed by atoms with Crippen molar-refractivity contribution in [1.82, 2.24) is 9.97 Å². The highest BCUT2D eigenvalue weighted by molar-refractivity contribution is 7.13. The van der Waals surface area contributed by atoms with Gasteiger partial charge in [-0.2, -0.15) is 0 Å². The van der Waals surface area contributed by atoms with Crippen molar-refractivity contribution in [2.75, 3.05) is 13.7 Å². The Labute approximate surface area is 120 Å². The highest BCUT2D eigenvalue weighted by Crippen LogP contribution is 2.23. The molecule has 0 saturated heterocycles.